The Kier molecular flexibility index (Phi) is 5.36. The fourth-order valence-electron chi connectivity index (χ4n) is 0.985. The first-order valence-corrected chi connectivity index (χ1v) is 5.10. The summed E-state index contributed by atoms with van der Waals surface area (Å²) in [6.07, 6.45) is 0. The fraction of sp³-hybridized carbons (Fsp3) is 0.143. The van der Waals surface area contributed by atoms with Crippen molar-refractivity contribution >= 4 is 45.4 Å². The SMILES string of the molecule is COc1ccc(S(=O)(=O)O)c([N+](=O)[O-])c1.[Na]. The molecule has 0 aliphatic heterocycles. The number of hydrogen-bond donors (Lipinski definition) is 1. The normalized spacial score (nSPS) is 10.4. The van der Waals surface area contributed by atoms with Gasteiger partial charge >= 0.3 is 10.1 Å². The minimum absolute atomic E-state index is 0. The van der Waals surface area contributed by atoms with Gasteiger partial charge in [0.05, 0.1) is 18.1 Å². The molecule has 83 valence electrons. The van der Waals surface area contributed by atoms with Gasteiger partial charge in [-0.25, -0.2) is 0 Å². The number of nitro groups is 1. The van der Waals surface area contributed by atoms with Crippen molar-refractivity contribution in [3.05, 3.63) is 28.3 Å². The molecule has 0 atom stereocenters. The molecule has 9 heteroatoms. The van der Waals surface area contributed by atoms with Gasteiger partial charge in [0.1, 0.15) is 5.75 Å². The zero-order chi connectivity index (χ0) is 11.6. The van der Waals surface area contributed by atoms with Crippen molar-refractivity contribution in [3.8, 4) is 5.75 Å². The largest absolute Gasteiger partial charge is 0.497 e. The average molecular weight is 256 g/mol. The van der Waals surface area contributed by atoms with Crippen LogP contribution in [0.15, 0.2) is 23.1 Å². The van der Waals surface area contributed by atoms with E-state index >= 15 is 0 Å². The third kappa shape index (κ3) is 3.42. The molecule has 7 nitrogen and oxygen atoms in total. The molecule has 1 aromatic carbocycles. The van der Waals surface area contributed by atoms with Crippen LogP contribution in [0.2, 0.25) is 0 Å². The molecule has 1 aromatic rings. The maximum absolute atomic E-state index is 10.8. The molecule has 0 aliphatic carbocycles. The first-order valence-electron chi connectivity index (χ1n) is 3.66. The molecule has 0 amide bonds. The first kappa shape index (κ1) is 15.3. The second kappa shape index (κ2) is 5.60. The maximum Gasteiger partial charge on any atom is 0.301 e. The van der Waals surface area contributed by atoms with Crippen molar-refractivity contribution in [1.82, 2.24) is 0 Å². The van der Waals surface area contributed by atoms with Crippen LogP contribution >= 0.6 is 0 Å². The number of ether oxygens (including phenoxy) is 1. The van der Waals surface area contributed by atoms with E-state index in [2.05, 4.69) is 0 Å². The van der Waals surface area contributed by atoms with Crippen LogP contribution in [0.3, 0.4) is 0 Å². The van der Waals surface area contributed by atoms with Crippen LogP contribution in [0.1, 0.15) is 0 Å². The number of benzene rings is 1. The number of nitrogens with zero attached hydrogens (tertiary/aromatic N) is 1. The van der Waals surface area contributed by atoms with Crippen molar-refractivity contribution in [2.75, 3.05) is 7.11 Å². The van der Waals surface area contributed by atoms with Gasteiger partial charge in [-0.15, -0.1) is 0 Å². The first-order chi connectivity index (χ1) is 6.86. The smallest absolute Gasteiger partial charge is 0.301 e. The van der Waals surface area contributed by atoms with E-state index in [1.165, 1.54) is 13.2 Å². The van der Waals surface area contributed by atoms with E-state index < -0.39 is 25.6 Å². The minimum atomic E-state index is -4.60. The average Bonchev–Trinajstić information content (AvgIpc) is 2.15. The zero-order valence-corrected chi connectivity index (χ0v) is 11.4. The minimum Gasteiger partial charge on any atom is -0.497 e. The van der Waals surface area contributed by atoms with E-state index in [-0.39, 0.29) is 35.3 Å². The molecular formula is C7H7NNaO6S. The Hall–Kier alpha value is -0.670. The Morgan fingerprint density at radius 3 is 2.38 bits per heavy atom. The summed E-state index contributed by atoms with van der Waals surface area (Å²) in [4.78, 5) is 8.84. The van der Waals surface area contributed by atoms with Crippen LogP contribution < -0.4 is 4.74 Å². The van der Waals surface area contributed by atoms with Crippen LogP contribution in [0.25, 0.3) is 0 Å². The predicted molar refractivity (Wildman–Crippen MR) is 55.2 cm³/mol. The quantitative estimate of drug-likeness (QED) is 0.364. The van der Waals surface area contributed by atoms with E-state index in [0.717, 1.165) is 12.1 Å². The fourth-order valence-corrected chi connectivity index (χ4v) is 1.62. The summed E-state index contributed by atoms with van der Waals surface area (Å²) >= 11 is 0. The molecular weight excluding hydrogens is 249 g/mol. The summed E-state index contributed by atoms with van der Waals surface area (Å²) in [5.41, 5.74) is -0.725. The van der Waals surface area contributed by atoms with Crippen molar-refractivity contribution in [2.24, 2.45) is 0 Å². The van der Waals surface area contributed by atoms with E-state index in [0.29, 0.717) is 0 Å². The van der Waals surface area contributed by atoms with Gasteiger partial charge in [0.25, 0.3) is 5.69 Å². The van der Waals surface area contributed by atoms with Crippen molar-refractivity contribution in [2.45, 2.75) is 4.90 Å². The van der Waals surface area contributed by atoms with E-state index in [4.69, 9.17) is 9.29 Å². The van der Waals surface area contributed by atoms with E-state index in [1.54, 1.807) is 0 Å². The zero-order valence-electron chi connectivity index (χ0n) is 8.58. The van der Waals surface area contributed by atoms with E-state index in [1.807, 2.05) is 0 Å². The van der Waals surface area contributed by atoms with Gasteiger partial charge in [0, 0.05) is 29.6 Å². The van der Waals surface area contributed by atoms with Crippen LogP contribution in [0.5, 0.6) is 5.75 Å². The van der Waals surface area contributed by atoms with Gasteiger partial charge in [0.2, 0.25) is 0 Å². The molecule has 0 fully saturated rings. The summed E-state index contributed by atoms with van der Waals surface area (Å²) in [6.45, 7) is 0. The number of hydrogen-bond acceptors (Lipinski definition) is 5. The van der Waals surface area contributed by atoms with Crippen molar-refractivity contribution in [1.29, 1.82) is 0 Å². The molecule has 1 rings (SSSR count). The Labute approximate surface area is 114 Å². The summed E-state index contributed by atoms with van der Waals surface area (Å²) < 4.78 is 34.9. The van der Waals surface area contributed by atoms with Crippen LogP contribution in [-0.4, -0.2) is 54.6 Å². The number of nitro benzene ring substituents is 1. The van der Waals surface area contributed by atoms with Crippen LogP contribution in [0.4, 0.5) is 5.69 Å². The standard InChI is InChI=1S/C7H7NO6S.Na/c1-14-5-2-3-7(15(11,12)13)6(4-5)8(9)10;/h2-4H,1H3,(H,11,12,13);. The van der Waals surface area contributed by atoms with E-state index in [9.17, 15) is 18.5 Å². The Morgan fingerprint density at radius 1 is 1.44 bits per heavy atom. The molecule has 0 bridgehead atoms. The van der Waals surface area contributed by atoms with Crippen molar-refractivity contribution in [3.63, 3.8) is 0 Å². The summed E-state index contributed by atoms with van der Waals surface area (Å²) in [6, 6.07) is 3.03. The molecule has 1 N–H and O–H groups in total. The predicted octanol–water partition coefficient (Wildman–Crippen LogP) is 0.469. The number of rotatable bonds is 3. The molecule has 0 saturated heterocycles. The second-order valence-electron chi connectivity index (χ2n) is 2.57. The van der Waals surface area contributed by atoms with Gasteiger partial charge in [-0.2, -0.15) is 8.42 Å². The molecule has 0 aliphatic rings. The monoisotopic (exact) mass is 256 g/mol. The second-order valence-corrected chi connectivity index (χ2v) is 3.96. The van der Waals surface area contributed by atoms with Gasteiger partial charge < -0.3 is 4.74 Å². The Morgan fingerprint density at radius 2 is 2.00 bits per heavy atom. The molecule has 0 unspecified atom stereocenters. The molecule has 0 aromatic heterocycles. The summed E-state index contributed by atoms with van der Waals surface area (Å²) in [5, 5.41) is 10.5. The van der Waals surface area contributed by atoms with Gasteiger partial charge in [-0.3, -0.25) is 14.7 Å². The molecule has 1 radical (unpaired) electrons. The Bertz CT molecular complexity index is 500. The Balaban J connectivity index is 0.00000225. The van der Waals surface area contributed by atoms with Gasteiger partial charge in [0.15, 0.2) is 4.90 Å². The molecule has 0 saturated carbocycles. The third-order valence-corrected chi connectivity index (χ3v) is 2.54. The van der Waals surface area contributed by atoms with Gasteiger partial charge in [-0.1, -0.05) is 0 Å². The number of methoxy groups -OCH3 is 1. The van der Waals surface area contributed by atoms with Crippen LogP contribution in [0, 0.1) is 10.1 Å². The molecule has 0 spiro atoms. The molecule has 16 heavy (non-hydrogen) atoms. The third-order valence-electron chi connectivity index (χ3n) is 1.64. The van der Waals surface area contributed by atoms with Crippen LogP contribution in [-0.2, 0) is 10.1 Å². The summed E-state index contributed by atoms with van der Waals surface area (Å²) in [5.74, 6) is 0.133. The molecule has 0 heterocycles. The van der Waals surface area contributed by atoms with Crippen molar-refractivity contribution < 1.29 is 22.6 Å². The van der Waals surface area contributed by atoms with Gasteiger partial charge in [-0.05, 0) is 12.1 Å². The summed E-state index contributed by atoms with van der Waals surface area (Å²) in [7, 11) is -3.32. The topological polar surface area (TPSA) is 107 Å². The maximum atomic E-state index is 10.8.